The molecule has 0 unspecified atom stereocenters. The first-order chi connectivity index (χ1) is 36.0. The maximum atomic E-state index is 6.58. The molecule has 12 rings (SSSR count). The Morgan fingerprint density at radius 1 is 0.500 bits per heavy atom. The van der Waals surface area contributed by atoms with Crippen LogP contribution in [0.25, 0.3) is 50.6 Å². The van der Waals surface area contributed by atoms with E-state index < -0.39 is 0 Å². The molecule has 4 heterocycles. The van der Waals surface area contributed by atoms with E-state index in [0.717, 1.165) is 49.6 Å². The molecule has 0 saturated heterocycles. The Bertz CT molecular complexity index is 4180. The van der Waals surface area contributed by atoms with Crippen LogP contribution in [0.5, 0.6) is 0 Å². The van der Waals surface area contributed by atoms with Crippen molar-refractivity contribution in [3.05, 3.63) is 213 Å². The van der Waals surface area contributed by atoms with Crippen molar-refractivity contribution in [2.45, 2.75) is 113 Å². The summed E-state index contributed by atoms with van der Waals surface area (Å²) in [6.45, 7) is 41.2. The maximum Gasteiger partial charge on any atom is 0.252 e. The molecule has 2 aliphatic heterocycles. The lowest BCUT2D eigenvalue weighted by Gasteiger charge is -2.46. The zero-order chi connectivity index (χ0) is 53.7. The molecule has 378 valence electrons. The van der Waals surface area contributed by atoms with Crippen LogP contribution in [0.3, 0.4) is 0 Å². The Balaban J connectivity index is 1.22. The summed E-state index contributed by atoms with van der Waals surface area (Å²) >= 11 is 0. The first-order valence-electron chi connectivity index (χ1n) is 27.2. The fourth-order valence-electron chi connectivity index (χ4n) is 12.8. The Morgan fingerprint density at radius 3 is 1.64 bits per heavy atom. The van der Waals surface area contributed by atoms with Crippen LogP contribution >= 0.6 is 0 Å². The number of nitrogens with zero attached hydrogens (tertiary/aromatic N) is 3. The van der Waals surface area contributed by atoms with E-state index in [9.17, 15) is 0 Å². The Labute approximate surface area is 450 Å². The van der Waals surface area contributed by atoms with Gasteiger partial charge in [-0.2, -0.15) is 0 Å². The Morgan fingerprint density at radius 2 is 1.04 bits per heavy atom. The number of hydrogen-bond donors (Lipinski definition) is 0. The average Bonchev–Trinajstić information content (AvgIpc) is 4.03. The summed E-state index contributed by atoms with van der Waals surface area (Å²) in [6.07, 6.45) is 1.93. The van der Waals surface area contributed by atoms with Crippen LogP contribution in [0, 0.1) is 34.6 Å². The van der Waals surface area contributed by atoms with Gasteiger partial charge in [-0.3, -0.25) is 0 Å². The molecular weight excluding hydrogens is 922 g/mol. The second-order valence-corrected chi connectivity index (χ2v) is 25.1. The van der Waals surface area contributed by atoms with Crippen molar-refractivity contribution in [1.82, 2.24) is 4.57 Å². The zero-order valence-electron chi connectivity index (χ0n) is 47.1. The number of hydrogen-bond acceptors (Lipinski definition) is 3. The van der Waals surface area contributed by atoms with Gasteiger partial charge in [0.2, 0.25) is 0 Å². The van der Waals surface area contributed by atoms with Gasteiger partial charge in [0.05, 0.1) is 22.4 Å². The van der Waals surface area contributed by atoms with E-state index in [1.165, 1.54) is 106 Å². The van der Waals surface area contributed by atoms with Crippen LogP contribution in [-0.4, -0.2) is 11.3 Å². The molecule has 0 N–H and O–H groups in total. The minimum atomic E-state index is -0.0787. The van der Waals surface area contributed by atoms with Crippen molar-refractivity contribution in [3.63, 3.8) is 0 Å². The molecule has 10 aromatic rings. The molecule has 2 aliphatic rings. The van der Waals surface area contributed by atoms with Gasteiger partial charge in [-0.1, -0.05) is 154 Å². The van der Waals surface area contributed by atoms with E-state index in [1.807, 2.05) is 24.3 Å². The number of anilines is 6. The molecule has 0 amide bonds. The van der Waals surface area contributed by atoms with Crippen LogP contribution < -0.4 is 36.8 Å². The summed E-state index contributed by atoms with van der Waals surface area (Å²) in [4.78, 5) is 5.25. The normalized spacial score (nSPS) is 13.9. The monoisotopic (exact) mass is 992 g/mol. The third-order valence-corrected chi connectivity index (χ3v) is 16.6. The van der Waals surface area contributed by atoms with E-state index >= 15 is 0 Å². The zero-order valence-corrected chi connectivity index (χ0v) is 47.1. The summed E-state index contributed by atoms with van der Waals surface area (Å²) in [7, 11) is 0. The van der Waals surface area contributed by atoms with Crippen molar-refractivity contribution in [3.8, 4) is 5.69 Å². The third kappa shape index (κ3) is 7.55. The maximum absolute atomic E-state index is 6.58. The fourth-order valence-corrected chi connectivity index (χ4v) is 12.8. The molecule has 0 atom stereocenters. The third-order valence-electron chi connectivity index (χ3n) is 16.6. The summed E-state index contributed by atoms with van der Waals surface area (Å²) in [5.41, 5.74) is 28.2. The highest BCUT2D eigenvalue weighted by molar-refractivity contribution is 7.00. The van der Waals surface area contributed by atoms with Crippen LogP contribution in [0.15, 0.2) is 157 Å². The summed E-state index contributed by atoms with van der Waals surface area (Å²) in [6, 6.07) is 53.1. The summed E-state index contributed by atoms with van der Waals surface area (Å²) in [5, 5.41) is 4.41. The largest absolute Gasteiger partial charge is 0.455 e. The molecule has 2 aromatic heterocycles. The molecule has 0 fully saturated rings. The highest BCUT2D eigenvalue weighted by Crippen LogP contribution is 2.50. The van der Waals surface area contributed by atoms with Gasteiger partial charge in [-0.25, -0.2) is 0 Å². The van der Waals surface area contributed by atoms with Crippen LogP contribution in [0.2, 0.25) is 0 Å². The summed E-state index contributed by atoms with van der Waals surface area (Å²) < 4.78 is 9.07. The van der Waals surface area contributed by atoms with E-state index in [1.54, 1.807) is 0 Å². The Kier molecular flexibility index (Phi) is 11.1. The standard InChI is InChI=1S/C71H70BN3O/c1-17-52(68-46(7)53-25-21-22-26-64(53)76-68)47-33-42(3)66(43(4)34-47)75-61-40-60-55(54-37-48(69(8,9)10)27-29-58(54)73(60)51-23-19-18-20-24-51)39-57(61)72-56-38-49(70(11,12)13)28-30-59(56)74(62-31-41(2)32-63(75)65(62)72)67-44(5)35-50(36-45(67)6)71(14,15)16/h17-40H,1,7H2,2-6,8-16H3/b68-52-. The second-order valence-electron chi connectivity index (χ2n) is 25.1. The second kappa shape index (κ2) is 17.1. The highest BCUT2D eigenvalue weighted by atomic mass is 16.3. The topological polar surface area (TPSA) is 24.6 Å². The predicted octanol–water partition coefficient (Wildman–Crippen LogP) is 15.8. The van der Waals surface area contributed by atoms with Gasteiger partial charge in [-0.05, 0) is 184 Å². The summed E-state index contributed by atoms with van der Waals surface area (Å²) in [5.74, 6) is 0. The predicted molar refractivity (Wildman–Crippen MR) is 328 cm³/mol. The smallest absolute Gasteiger partial charge is 0.252 e. The molecule has 76 heavy (non-hydrogen) atoms. The number of aromatic nitrogens is 1. The number of aryl methyl sites for hydroxylation is 5. The fraction of sp³-hybridized carbons (Fsp3) is 0.239. The van der Waals surface area contributed by atoms with E-state index in [0.29, 0.717) is 0 Å². The molecule has 0 aliphatic carbocycles. The van der Waals surface area contributed by atoms with Gasteiger partial charge in [-0.15, -0.1) is 0 Å². The van der Waals surface area contributed by atoms with Crippen molar-refractivity contribution in [2.75, 3.05) is 9.80 Å². The van der Waals surface area contributed by atoms with Gasteiger partial charge in [0, 0.05) is 55.4 Å². The van der Waals surface area contributed by atoms with Gasteiger partial charge < -0.3 is 18.8 Å². The van der Waals surface area contributed by atoms with E-state index in [2.05, 4.69) is 246 Å². The Hall–Kier alpha value is -7.76. The number of furan rings is 1. The minimum absolute atomic E-state index is 0.00708. The molecule has 0 radical (unpaired) electrons. The average molecular weight is 992 g/mol. The quantitative estimate of drug-likeness (QED) is 0.161. The molecule has 8 aromatic carbocycles. The number of rotatable bonds is 5. The van der Waals surface area contributed by atoms with E-state index in [4.69, 9.17) is 4.42 Å². The molecule has 0 saturated carbocycles. The lowest BCUT2D eigenvalue weighted by atomic mass is 9.33. The number of allylic oxidation sites excluding steroid dienone is 1. The molecular formula is C71H70BN3O. The van der Waals surface area contributed by atoms with Crippen molar-refractivity contribution < 1.29 is 4.42 Å². The van der Waals surface area contributed by atoms with Crippen molar-refractivity contribution in [2.24, 2.45) is 0 Å². The highest BCUT2D eigenvalue weighted by Gasteiger charge is 2.45. The van der Waals surface area contributed by atoms with E-state index in [-0.39, 0.29) is 23.0 Å². The van der Waals surface area contributed by atoms with Crippen LogP contribution in [0.1, 0.15) is 112 Å². The number of fused-ring (bicyclic) bond motifs is 8. The van der Waals surface area contributed by atoms with Gasteiger partial charge in [0.1, 0.15) is 11.0 Å². The molecule has 0 bridgehead atoms. The van der Waals surface area contributed by atoms with Crippen molar-refractivity contribution >= 4 is 102 Å². The molecule has 0 spiro atoms. The van der Waals surface area contributed by atoms with Gasteiger partial charge in [0.15, 0.2) is 0 Å². The first-order valence-corrected chi connectivity index (χ1v) is 27.2. The minimum Gasteiger partial charge on any atom is -0.455 e. The van der Waals surface area contributed by atoms with Gasteiger partial charge in [0.25, 0.3) is 6.71 Å². The lowest BCUT2D eigenvalue weighted by molar-refractivity contribution is 0.573. The number of benzene rings is 8. The first kappa shape index (κ1) is 49.1. The molecule has 5 heteroatoms. The van der Waals surface area contributed by atoms with Gasteiger partial charge >= 0.3 is 0 Å². The number of para-hydroxylation sites is 2. The lowest BCUT2D eigenvalue weighted by Crippen LogP contribution is -2.61. The molecule has 4 nitrogen and oxygen atoms in total. The van der Waals surface area contributed by atoms with Crippen molar-refractivity contribution in [1.29, 1.82) is 0 Å². The van der Waals surface area contributed by atoms with Crippen LogP contribution in [0.4, 0.5) is 34.1 Å². The SMILES string of the molecule is C=C/C(c1cc(C)c(N2c3cc4c(cc3B3c5cc(C(C)(C)C)ccc5N(c5c(C)cc(C(C)(C)C)cc5C)c5cc(C)cc2c53)c2cc(C(C)(C)C)ccc2n4-c2ccccc2)c(C)c1)=c1/oc2ccccc2c1=C. The van der Waals surface area contributed by atoms with Crippen LogP contribution in [-0.2, 0) is 16.2 Å².